The minimum atomic E-state index is -0.924. The molecule has 130 valence electrons. The molecule has 0 amide bonds. The fourth-order valence-corrected chi connectivity index (χ4v) is 3.03. The van der Waals surface area contributed by atoms with Crippen molar-refractivity contribution in [3.8, 4) is 0 Å². The smallest absolute Gasteiger partial charge is 0.328 e. The molecule has 0 saturated carbocycles. The highest BCUT2D eigenvalue weighted by Crippen LogP contribution is 2.39. The van der Waals surface area contributed by atoms with Crippen molar-refractivity contribution < 1.29 is 24.5 Å². The molecule has 1 saturated heterocycles. The summed E-state index contributed by atoms with van der Waals surface area (Å²) in [6, 6.07) is 0. The Morgan fingerprint density at radius 3 is 2.52 bits per heavy atom. The number of carboxylic acid groups (broad SMARTS) is 1. The van der Waals surface area contributed by atoms with Crippen molar-refractivity contribution in [3.05, 3.63) is 23.3 Å². The van der Waals surface area contributed by atoms with E-state index in [1.807, 2.05) is 13.0 Å². The van der Waals surface area contributed by atoms with Gasteiger partial charge in [-0.3, -0.25) is 0 Å². The molecule has 5 nitrogen and oxygen atoms in total. The zero-order valence-electron chi connectivity index (χ0n) is 14.2. The van der Waals surface area contributed by atoms with Gasteiger partial charge in [-0.2, -0.15) is 0 Å². The van der Waals surface area contributed by atoms with Crippen molar-refractivity contribution in [3.63, 3.8) is 0 Å². The molecule has 1 fully saturated rings. The van der Waals surface area contributed by atoms with E-state index in [0.717, 1.165) is 37.5 Å². The van der Waals surface area contributed by atoms with Gasteiger partial charge in [0.05, 0.1) is 6.61 Å². The number of hydrogen-bond acceptors (Lipinski definition) is 4. The Labute approximate surface area is 138 Å². The Kier molecular flexibility index (Phi) is 7.65. The second kappa shape index (κ2) is 8.99. The van der Waals surface area contributed by atoms with Gasteiger partial charge in [-0.15, -0.1) is 0 Å². The molecular weight excluding hydrogens is 296 g/mol. The standard InChI is InChI=1S/C18H28O5/c1-13(8-14(2)9-15(3)10-17(21)22)6-4-5-7-18(12-20)16(11-19)23-18/h9-10,12-13,16,19H,4-8,11H2,1-3H3,(H,21,22)/b14-9+,15-10+. The highest BCUT2D eigenvalue weighted by Gasteiger charge is 2.55. The van der Waals surface area contributed by atoms with Gasteiger partial charge in [0, 0.05) is 6.08 Å². The van der Waals surface area contributed by atoms with E-state index in [2.05, 4.69) is 6.92 Å². The number of hydrogen-bond donors (Lipinski definition) is 2. The Hall–Kier alpha value is -1.46. The molecule has 0 aromatic rings. The fraction of sp³-hybridized carbons (Fsp3) is 0.667. The van der Waals surface area contributed by atoms with Gasteiger partial charge < -0.3 is 19.7 Å². The van der Waals surface area contributed by atoms with Gasteiger partial charge in [0.2, 0.25) is 0 Å². The monoisotopic (exact) mass is 324 g/mol. The Balaban J connectivity index is 2.27. The highest BCUT2D eigenvalue weighted by atomic mass is 16.6. The molecule has 0 bridgehead atoms. The number of epoxide rings is 1. The predicted molar refractivity (Wildman–Crippen MR) is 88.2 cm³/mol. The first-order valence-corrected chi connectivity index (χ1v) is 8.16. The van der Waals surface area contributed by atoms with E-state index in [1.165, 1.54) is 11.6 Å². The van der Waals surface area contributed by atoms with Crippen molar-refractivity contribution in [1.29, 1.82) is 0 Å². The van der Waals surface area contributed by atoms with E-state index in [0.29, 0.717) is 12.3 Å². The number of carbonyl (C=O) groups is 2. The third-order valence-electron chi connectivity index (χ3n) is 4.22. The first kappa shape index (κ1) is 19.6. The van der Waals surface area contributed by atoms with Gasteiger partial charge in [-0.25, -0.2) is 4.79 Å². The van der Waals surface area contributed by atoms with E-state index in [1.54, 1.807) is 6.92 Å². The number of carboxylic acids is 1. The molecule has 3 unspecified atom stereocenters. The van der Waals surface area contributed by atoms with E-state index in [-0.39, 0.29) is 12.7 Å². The number of carbonyl (C=O) groups excluding carboxylic acids is 1. The molecule has 23 heavy (non-hydrogen) atoms. The lowest BCUT2D eigenvalue weighted by molar-refractivity contribution is -0.131. The molecule has 3 atom stereocenters. The average Bonchev–Trinajstić information content (AvgIpc) is 3.16. The molecule has 2 N–H and O–H groups in total. The van der Waals surface area contributed by atoms with Crippen molar-refractivity contribution in [2.24, 2.45) is 5.92 Å². The zero-order valence-corrected chi connectivity index (χ0v) is 14.2. The number of ether oxygens (including phenoxy) is 1. The van der Waals surface area contributed by atoms with Gasteiger partial charge in [0.15, 0.2) is 11.9 Å². The highest BCUT2D eigenvalue weighted by molar-refractivity contribution is 5.81. The van der Waals surface area contributed by atoms with Crippen LogP contribution in [-0.4, -0.2) is 40.8 Å². The van der Waals surface area contributed by atoms with Crippen LogP contribution in [0.2, 0.25) is 0 Å². The summed E-state index contributed by atoms with van der Waals surface area (Å²) in [5.41, 5.74) is 1.19. The van der Waals surface area contributed by atoms with Crippen molar-refractivity contribution in [1.82, 2.24) is 0 Å². The normalized spacial score (nSPS) is 26.0. The van der Waals surface area contributed by atoms with E-state index >= 15 is 0 Å². The maximum absolute atomic E-state index is 11.0. The minimum Gasteiger partial charge on any atom is -0.478 e. The Bertz CT molecular complexity index is 480. The molecule has 1 heterocycles. The number of rotatable bonds is 11. The van der Waals surface area contributed by atoms with Crippen LogP contribution in [0.4, 0.5) is 0 Å². The zero-order chi connectivity index (χ0) is 17.5. The predicted octanol–water partition coefficient (Wildman–Crippen LogP) is 2.88. The summed E-state index contributed by atoms with van der Waals surface area (Å²) in [6.45, 7) is 5.88. The van der Waals surface area contributed by atoms with Crippen LogP contribution in [0.5, 0.6) is 0 Å². The number of aldehydes is 1. The number of allylic oxidation sites excluding steroid dienone is 3. The van der Waals surface area contributed by atoms with Crippen LogP contribution in [0.25, 0.3) is 0 Å². The third kappa shape index (κ3) is 6.67. The van der Waals surface area contributed by atoms with Crippen LogP contribution in [0, 0.1) is 5.92 Å². The van der Waals surface area contributed by atoms with E-state index < -0.39 is 11.6 Å². The summed E-state index contributed by atoms with van der Waals surface area (Å²) in [6.07, 6.45) is 8.19. The molecule has 0 aromatic carbocycles. The van der Waals surface area contributed by atoms with Crippen molar-refractivity contribution in [2.45, 2.75) is 64.6 Å². The summed E-state index contributed by atoms with van der Waals surface area (Å²) < 4.78 is 5.27. The molecule has 1 rings (SSSR count). The van der Waals surface area contributed by atoms with Crippen LogP contribution in [0.1, 0.15) is 52.9 Å². The second-order valence-corrected chi connectivity index (χ2v) is 6.63. The number of aliphatic hydroxyl groups is 1. The van der Waals surface area contributed by atoms with E-state index in [9.17, 15) is 9.59 Å². The molecule has 0 radical (unpaired) electrons. The van der Waals surface area contributed by atoms with Gasteiger partial charge >= 0.3 is 5.97 Å². The third-order valence-corrected chi connectivity index (χ3v) is 4.22. The van der Waals surface area contributed by atoms with Gasteiger partial charge in [-0.05, 0) is 38.2 Å². The molecule has 0 aliphatic carbocycles. The topological polar surface area (TPSA) is 87.1 Å². The molecule has 1 aliphatic heterocycles. The quantitative estimate of drug-likeness (QED) is 0.201. The number of aliphatic hydroxyl groups excluding tert-OH is 1. The van der Waals surface area contributed by atoms with Crippen LogP contribution in [0.3, 0.4) is 0 Å². The van der Waals surface area contributed by atoms with Crippen LogP contribution in [0.15, 0.2) is 23.3 Å². The summed E-state index contributed by atoms with van der Waals surface area (Å²) in [5.74, 6) is -0.419. The van der Waals surface area contributed by atoms with Crippen molar-refractivity contribution >= 4 is 12.3 Å². The fourth-order valence-electron chi connectivity index (χ4n) is 3.03. The summed E-state index contributed by atoms with van der Waals surface area (Å²) in [5, 5.41) is 17.7. The van der Waals surface area contributed by atoms with Crippen LogP contribution >= 0.6 is 0 Å². The maximum Gasteiger partial charge on any atom is 0.328 e. The summed E-state index contributed by atoms with van der Waals surface area (Å²) in [4.78, 5) is 21.6. The largest absolute Gasteiger partial charge is 0.478 e. The lowest BCUT2D eigenvalue weighted by atomic mass is 9.93. The Morgan fingerprint density at radius 2 is 2.00 bits per heavy atom. The van der Waals surface area contributed by atoms with Crippen molar-refractivity contribution in [2.75, 3.05) is 6.61 Å². The molecule has 5 heteroatoms. The second-order valence-electron chi connectivity index (χ2n) is 6.63. The van der Waals surface area contributed by atoms with Crippen LogP contribution < -0.4 is 0 Å². The molecular formula is C18H28O5. The van der Waals surface area contributed by atoms with Gasteiger partial charge in [0.25, 0.3) is 0 Å². The maximum atomic E-state index is 11.0. The Morgan fingerprint density at radius 1 is 1.30 bits per heavy atom. The molecule has 0 spiro atoms. The number of unbranched alkanes of at least 4 members (excludes halogenated alkanes) is 1. The molecule has 0 aromatic heterocycles. The lowest BCUT2D eigenvalue weighted by Gasteiger charge is -2.12. The average molecular weight is 324 g/mol. The first-order chi connectivity index (χ1) is 10.8. The SMILES string of the molecule is CC(=C\C(=O)O)/C=C(\C)CC(C)CCCCC1(C=O)OC1CO. The summed E-state index contributed by atoms with van der Waals surface area (Å²) in [7, 11) is 0. The lowest BCUT2D eigenvalue weighted by Crippen LogP contribution is -2.19. The van der Waals surface area contributed by atoms with Gasteiger partial charge in [0.1, 0.15) is 6.10 Å². The van der Waals surface area contributed by atoms with Crippen LogP contribution in [-0.2, 0) is 14.3 Å². The van der Waals surface area contributed by atoms with Gasteiger partial charge in [-0.1, -0.05) is 37.8 Å². The van der Waals surface area contributed by atoms with E-state index in [4.69, 9.17) is 14.9 Å². The minimum absolute atomic E-state index is 0.0949. The number of aliphatic carboxylic acids is 1. The first-order valence-electron chi connectivity index (χ1n) is 8.16. The summed E-state index contributed by atoms with van der Waals surface area (Å²) >= 11 is 0. The molecule has 1 aliphatic rings.